The van der Waals surface area contributed by atoms with Gasteiger partial charge in [-0.3, -0.25) is 0 Å². The highest BCUT2D eigenvalue weighted by atomic mass is 16.6. The van der Waals surface area contributed by atoms with Crippen LogP contribution in [0.2, 0.25) is 0 Å². The van der Waals surface area contributed by atoms with Crippen molar-refractivity contribution in [3.8, 4) is 0 Å². The van der Waals surface area contributed by atoms with Crippen molar-refractivity contribution in [3.63, 3.8) is 0 Å². The summed E-state index contributed by atoms with van der Waals surface area (Å²) in [5, 5.41) is 39.1. The van der Waals surface area contributed by atoms with Crippen molar-refractivity contribution in [3.05, 3.63) is 25.3 Å². The first-order valence-corrected chi connectivity index (χ1v) is 13.3. The summed E-state index contributed by atoms with van der Waals surface area (Å²) in [5.74, 6) is -1.29. The third-order valence-corrected chi connectivity index (χ3v) is 4.88. The smallest absolute Gasteiger partial charge is 0.330 e. The van der Waals surface area contributed by atoms with E-state index in [1.54, 1.807) is 6.92 Å². The van der Waals surface area contributed by atoms with E-state index in [4.69, 9.17) is 28.4 Å². The summed E-state index contributed by atoms with van der Waals surface area (Å²) < 4.78 is 42.1. The minimum Gasteiger partial charge on any atom is -0.460 e. The van der Waals surface area contributed by atoms with Crippen LogP contribution in [-0.4, -0.2) is 148 Å². The van der Waals surface area contributed by atoms with Gasteiger partial charge in [0.1, 0.15) is 37.6 Å². The number of esters is 2. The Bertz CT molecular complexity index is 706. The summed E-state index contributed by atoms with van der Waals surface area (Å²) in [6.07, 6.45) is -2.65. The molecule has 14 nitrogen and oxygen atoms in total. The number of aliphatic hydroxyl groups is 4. The molecule has 0 amide bonds. The van der Waals surface area contributed by atoms with E-state index in [0.717, 1.165) is 12.2 Å². The highest BCUT2D eigenvalue weighted by molar-refractivity contribution is 5.81. The molecule has 0 aliphatic heterocycles. The fourth-order valence-corrected chi connectivity index (χ4v) is 2.74. The Morgan fingerprint density at radius 2 is 0.805 bits per heavy atom. The van der Waals surface area contributed by atoms with Gasteiger partial charge >= 0.3 is 11.9 Å². The molecular weight excluding hydrogens is 548 g/mol. The van der Waals surface area contributed by atoms with E-state index in [1.807, 2.05) is 13.8 Å². The Morgan fingerprint density at radius 1 is 0.512 bits per heavy atom. The van der Waals surface area contributed by atoms with E-state index in [1.165, 1.54) is 0 Å². The van der Waals surface area contributed by atoms with Crippen molar-refractivity contribution in [2.45, 2.75) is 63.5 Å². The zero-order chi connectivity index (χ0) is 31.0. The lowest BCUT2D eigenvalue weighted by molar-refractivity contribution is -0.143. The lowest BCUT2D eigenvalue weighted by atomic mass is 10.3. The molecule has 0 aliphatic rings. The van der Waals surface area contributed by atoms with Crippen molar-refractivity contribution in [1.82, 2.24) is 0 Å². The van der Waals surface area contributed by atoms with E-state index in [-0.39, 0.29) is 84.4 Å². The van der Waals surface area contributed by atoms with Crippen molar-refractivity contribution >= 4 is 11.9 Å². The maximum atomic E-state index is 10.9. The van der Waals surface area contributed by atoms with Gasteiger partial charge in [-0.15, -0.1) is 0 Å². The third kappa shape index (κ3) is 24.3. The summed E-state index contributed by atoms with van der Waals surface area (Å²) in [6, 6.07) is 0. The maximum absolute atomic E-state index is 10.9. The van der Waals surface area contributed by atoms with Gasteiger partial charge in [-0.1, -0.05) is 13.2 Å². The Morgan fingerprint density at radius 3 is 1.20 bits per heavy atom. The Kier molecular flexibility index (Phi) is 23.4. The van der Waals surface area contributed by atoms with E-state index in [2.05, 4.69) is 22.6 Å². The van der Waals surface area contributed by atoms with Gasteiger partial charge < -0.3 is 58.3 Å². The molecule has 7 atom stereocenters. The van der Waals surface area contributed by atoms with Crippen molar-refractivity contribution in [1.29, 1.82) is 0 Å². The van der Waals surface area contributed by atoms with Crippen LogP contribution in [0.25, 0.3) is 0 Å². The molecule has 0 saturated heterocycles. The first kappa shape index (κ1) is 39.0. The van der Waals surface area contributed by atoms with Crippen molar-refractivity contribution in [2.75, 3.05) is 72.7 Å². The van der Waals surface area contributed by atoms with Crippen LogP contribution in [0, 0.1) is 0 Å². The highest BCUT2D eigenvalue weighted by Crippen LogP contribution is 2.03. The molecule has 4 N–H and O–H groups in total. The minimum absolute atomic E-state index is 0.00789. The first-order valence-electron chi connectivity index (χ1n) is 13.3. The lowest BCUT2D eigenvalue weighted by Gasteiger charge is -2.21. The predicted molar refractivity (Wildman–Crippen MR) is 145 cm³/mol. The maximum Gasteiger partial charge on any atom is 0.330 e. The molecule has 0 fully saturated rings. The standard InChI is InChI=1S/C27H48O14/c1-6-26(32)40-17-24(30)14-35-12-22(28)11-34-8-19(3)37-9-20(4)38-10-21(5)39-16-23(29)13-36-15-25(31)18-41-27(33)7-2/h6-7,19-25,28-31H,1-2,8-18H2,3-5H3. The van der Waals surface area contributed by atoms with Crippen molar-refractivity contribution < 1.29 is 67.9 Å². The van der Waals surface area contributed by atoms with Gasteiger partial charge in [-0.05, 0) is 20.8 Å². The van der Waals surface area contributed by atoms with Crippen LogP contribution in [0.5, 0.6) is 0 Å². The summed E-state index contributed by atoms with van der Waals surface area (Å²) >= 11 is 0. The molecule has 0 bridgehead atoms. The second-order valence-electron chi connectivity index (χ2n) is 9.33. The molecule has 0 heterocycles. The van der Waals surface area contributed by atoms with Crippen LogP contribution in [0.1, 0.15) is 20.8 Å². The van der Waals surface area contributed by atoms with Gasteiger partial charge in [0.15, 0.2) is 0 Å². The van der Waals surface area contributed by atoms with Crippen LogP contribution >= 0.6 is 0 Å². The molecule has 0 saturated carbocycles. The average molecular weight is 597 g/mol. The second kappa shape index (κ2) is 24.6. The molecule has 0 aromatic carbocycles. The van der Waals surface area contributed by atoms with E-state index in [0.29, 0.717) is 6.61 Å². The van der Waals surface area contributed by atoms with Gasteiger partial charge in [0, 0.05) is 12.2 Å². The number of carbonyl (C=O) groups excluding carboxylic acids is 2. The fraction of sp³-hybridized carbons (Fsp3) is 0.778. The van der Waals surface area contributed by atoms with Crippen molar-refractivity contribution in [2.24, 2.45) is 0 Å². The number of ether oxygens (including phenoxy) is 8. The van der Waals surface area contributed by atoms with Gasteiger partial charge in [0.05, 0.1) is 77.8 Å². The second-order valence-corrected chi connectivity index (χ2v) is 9.33. The van der Waals surface area contributed by atoms with E-state index in [9.17, 15) is 30.0 Å². The van der Waals surface area contributed by atoms with Gasteiger partial charge in [-0.25, -0.2) is 9.59 Å². The molecule has 0 spiro atoms. The Hall–Kier alpha value is -1.98. The van der Waals surface area contributed by atoms with Gasteiger partial charge in [-0.2, -0.15) is 0 Å². The van der Waals surface area contributed by atoms with Crippen LogP contribution in [0.4, 0.5) is 0 Å². The van der Waals surface area contributed by atoms with E-state index >= 15 is 0 Å². The third-order valence-electron chi connectivity index (χ3n) is 4.88. The first-order chi connectivity index (χ1) is 19.5. The molecule has 41 heavy (non-hydrogen) atoms. The molecule has 0 rings (SSSR count). The molecule has 0 aromatic rings. The Labute approximate surface area is 241 Å². The van der Waals surface area contributed by atoms with Gasteiger partial charge in [0.2, 0.25) is 0 Å². The Balaban J connectivity index is 3.81. The topological polar surface area (TPSA) is 189 Å². The minimum atomic E-state index is -1.02. The van der Waals surface area contributed by atoms with Crippen LogP contribution < -0.4 is 0 Å². The summed E-state index contributed by atoms with van der Waals surface area (Å²) in [5.41, 5.74) is 0. The van der Waals surface area contributed by atoms with E-state index < -0.39 is 36.4 Å². The van der Waals surface area contributed by atoms with Crippen LogP contribution in [0.3, 0.4) is 0 Å². The van der Waals surface area contributed by atoms with Gasteiger partial charge in [0.25, 0.3) is 0 Å². The van der Waals surface area contributed by atoms with Crippen LogP contribution in [-0.2, 0) is 47.5 Å². The number of aliphatic hydroxyl groups excluding tert-OH is 4. The number of hydrogen-bond acceptors (Lipinski definition) is 14. The molecular formula is C27H48O14. The molecule has 0 aliphatic carbocycles. The lowest BCUT2D eigenvalue weighted by Crippen LogP contribution is -2.31. The largest absolute Gasteiger partial charge is 0.460 e. The normalized spacial score (nSPS) is 16.6. The fourth-order valence-electron chi connectivity index (χ4n) is 2.74. The summed E-state index contributed by atoms with van der Waals surface area (Å²) in [4.78, 5) is 21.9. The molecule has 240 valence electrons. The summed E-state index contributed by atoms with van der Waals surface area (Å²) in [7, 11) is 0. The summed E-state index contributed by atoms with van der Waals surface area (Å²) in [6.45, 7) is 12.0. The van der Waals surface area contributed by atoms with Crippen LogP contribution in [0.15, 0.2) is 25.3 Å². The molecule has 14 heteroatoms. The molecule has 0 radical (unpaired) electrons. The zero-order valence-corrected chi connectivity index (χ0v) is 24.3. The molecule has 0 aromatic heterocycles. The zero-order valence-electron chi connectivity index (χ0n) is 24.3. The number of rotatable bonds is 27. The highest BCUT2D eigenvalue weighted by Gasteiger charge is 2.15. The average Bonchev–Trinajstić information content (AvgIpc) is 2.95. The predicted octanol–water partition coefficient (Wildman–Crippen LogP) is -0.846. The molecule has 7 unspecified atom stereocenters. The number of hydrogen-bond donors (Lipinski definition) is 4. The SMILES string of the molecule is C=CC(=O)OCC(O)COCC(O)COCC(C)OCC(C)OCC(C)OCC(O)COCC(O)COC(=O)C=C. The number of carbonyl (C=O) groups is 2. The monoisotopic (exact) mass is 596 g/mol. The quantitative estimate of drug-likeness (QED) is 0.0678.